The van der Waals surface area contributed by atoms with Gasteiger partial charge in [0.05, 0.1) is 0 Å². The second kappa shape index (κ2) is 9.93. The average Bonchev–Trinajstić information content (AvgIpc) is 2.62. The van der Waals surface area contributed by atoms with E-state index < -0.39 is 0 Å². The molecule has 0 fully saturated rings. The standard InChI is InChI=1S/C23H28O2/c1-3-7-23(25)22-16-12-20(13-17-22)9-6-4-5-8-19-10-14-21(15-11-19)18(2)24/h10-17H,3-9H2,1-2H3. The lowest BCUT2D eigenvalue weighted by Crippen LogP contribution is -1.98. The Bertz CT molecular complexity index is 681. The molecule has 0 aromatic heterocycles. The first kappa shape index (κ1) is 19.1. The smallest absolute Gasteiger partial charge is 0.162 e. The Labute approximate surface area is 151 Å². The number of Topliss-reactive ketones (excluding diaryl/α,β-unsaturated/α-hetero) is 2. The molecule has 0 amide bonds. The summed E-state index contributed by atoms with van der Waals surface area (Å²) < 4.78 is 0. The van der Waals surface area contributed by atoms with Gasteiger partial charge in [-0.1, -0.05) is 61.9 Å². The van der Waals surface area contributed by atoms with E-state index in [0.717, 1.165) is 43.2 Å². The highest BCUT2D eigenvalue weighted by Crippen LogP contribution is 2.13. The van der Waals surface area contributed by atoms with Gasteiger partial charge in [-0.05, 0) is 50.2 Å². The Balaban J connectivity index is 1.69. The van der Waals surface area contributed by atoms with Crippen LogP contribution in [0, 0.1) is 0 Å². The number of hydrogen-bond acceptors (Lipinski definition) is 2. The number of rotatable bonds is 10. The predicted molar refractivity (Wildman–Crippen MR) is 103 cm³/mol. The first-order valence-electron chi connectivity index (χ1n) is 9.32. The van der Waals surface area contributed by atoms with Gasteiger partial charge in [-0.2, -0.15) is 0 Å². The van der Waals surface area contributed by atoms with Crippen LogP contribution >= 0.6 is 0 Å². The van der Waals surface area contributed by atoms with Crippen molar-refractivity contribution in [3.8, 4) is 0 Å². The van der Waals surface area contributed by atoms with Gasteiger partial charge in [0.2, 0.25) is 0 Å². The van der Waals surface area contributed by atoms with Gasteiger partial charge in [-0.3, -0.25) is 9.59 Å². The van der Waals surface area contributed by atoms with Crippen molar-refractivity contribution in [2.45, 2.75) is 58.8 Å². The van der Waals surface area contributed by atoms with Crippen LogP contribution in [0.5, 0.6) is 0 Å². The monoisotopic (exact) mass is 336 g/mol. The van der Waals surface area contributed by atoms with E-state index >= 15 is 0 Å². The molecule has 0 aliphatic carbocycles. The number of unbranched alkanes of at least 4 members (excludes halogenated alkanes) is 2. The van der Waals surface area contributed by atoms with Crippen LogP contribution in [-0.2, 0) is 12.8 Å². The SMILES string of the molecule is CCCC(=O)c1ccc(CCCCCc2ccc(C(C)=O)cc2)cc1. The molecule has 2 heteroatoms. The fourth-order valence-corrected chi connectivity index (χ4v) is 2.97. The third-order valence-corrected chi connectivity index (χ3v) is 4.54. The van der Waals surface area contributed by atoms with Crippen LogP contribution in [0.1, 0.15) is 77.8 Å². The number of hydrogen-bond donors (Lipinski definition) is 0. The minimum atomic E-state index is 0.119. The van der Waals surface area contributed by atoms with E-state index in [2.05, 4.69) is 24.3 Å². The van der Waals surface area contributed by atoms with Gasteiger partial charge < -0.3 is 0 Å². The molecule has 0 saturated carbocycles. The number of carbonyl (C=O) groups is 2. The van der Waals surface area contributed by atoms with E-state index in [1.54, 1.807) is 6.92 Å². The van der Waals surface area contributed by atoms with E-state index in [9.17, 15) is 9.59 Å². The van der Waals surface area contributed by atoms with Crippen LogP contribution < -0.4 is 0 Å². The highest BCUT2D eigenvalue weighted by Gasteiger charge is 2.04. The molecule has 2 aromatic rings. The zero-order valence-corrected chi connectivity index (χ0v) is 15.4. The molecule has 132 valence electrons. The molecule has 0 aliphatic rings. The quantitative estimate of drug-likeness (QED) is 0.404. The molecule has 0 N–H and O–H groups in total. The Hall–Kier alpha value is -2.22. The summed E-state index contributed by atoms with van der Waals surface area (Å²) in [6.45, 7) is 3.63. The molecular formula is C23H28O2. The highest BCUT2D eigenvalue weighted by molar-refractivity contribution is 5.96. The maximum Gasteiger partial charge on any atom is 0.162 e. The summed E-state index contributed by atoms with van der Waals surface area (Å²) in [6, 6.07) is 16.0. The Morgan fingerprint density at radius 1 is 0.720 bits per heavy atom. The Morgan fingerprint density at radius 3 is 1.64 bits per heavy atom. The lowest BCUT2D eigenvalue weighted by molar-refractivity contribution is 0.0979. The molecule has 0 aliphatic heterocycles. The van der Waals surface area contributed by atoms with Gasteiger partial charge in [-0.25, -0.2) is 0 Å². The average molecular weight is 336 g/mol. The number of aryl methyl sites for hydroxylation is 2. The van der Waals surface area contributed by atoms with Gasteiger partial charge in [0.15, 0.2) is 11.6 Å². The normalized spacial score (nSPS) is 10.6. The lowest BCUT2D eigenvalue weighted by atomic mass is 10.0. The third-order valence-electron chi connectivity index (χ3n) is 4.54. The van der Waals surface area contributed by atoms with Crippen molar-refractivity contribution in [2.75, 3.05) is 0 Å². The molecule has 0 saturated heterocycles. The summed E-state index contributed by atoms with van der Waals surface area (Å²) in [7, 11) is 0. The van der Waals surface area contributed by atoms with Crippen molar-refractivity contribution in [2.24, 2.45) is 0 Å². The van der Waals surface area contributed by atoms with E-state index in [1.165, 1.54) is 17.5 Å². The van der Waals surface area contributed by atoms with Gasteiger partial charge in [0.25, 0.3) is 0 Å². The molecular weight excluding hydrogens is 308 g/mol. The van der Waals surface area contributed by atoms with Crippen LogP contribution in [0.15, 0.2) is 48.5 Å². The summed E-state index contributed by atoms with van der Waals surface area (Å²) >= 11 is 0. The maximum absolute atomic E-state index is 11.8. The molecule has 2 aromatic carbocycles. The first-order chi connectivity index (χ1) is 12.1. The largest absolute Gasteiger partial charge is 0.295 e. The van der Waals surface area contributed by atoms with Gasteiger partial charge in [0, 0.05) is 17.5 Å². The maximum atomic E-state index is 11.8. The molecule has 0 spiro atoms. The fraction of sp³-hybridized carbons (Fsp3) is 0.391. The molecule has 0 radical (unpaired) electrons. The first-order valence-corrected chi connectivity index (χ1v) is 9.32. The minimum Gasteiger partial charge on any atom is -0.295 e. The second-order valence-corrected chi connectivity index (χ2v) is 6.68. The molecule has 0 bridgehead atoms. The van der Waals surface area contributed by atoms with E-state index in [0.29, 0.717) is 6.42 Å². The van der Waals surface area contributed by atoms with Crippen molar-refractivity contribution in [3.05, 3.63) is 70.8 Å². The lowest BCUT2D eigenvalue weighted by Gasteiger charge is -2.05. The zero-order chi connectivity index (χ0) is 18.1. The van der Waals surface area contributed by atoms with Crippen molar-refractivity contribution in [1.82, 2.24) is 0 Å². The molecule has 0 unspecified atom stereocenters. The topological polar surface area (TPSA) is 34.1 Å². The number of benzene rings is 2. The highest BCUT2D eigenvalue weighted by atomic mass is 16.1. The summed E-state index contributed by atoms with van der Waals surface area (Å²) in [5.74, 6) is 0.360. The van der Waals surface area contributed by atoms with Crippen molar-refractivity contribution in [1.29, 1.82) is 0 Å². The second-order valence-electron chi connectivity index (χ2n) is 6.68. The van der Waals surface area contributed by atoms with Crippen molar-refractivity contribution >= 4 is 11.6 Å². The van der Waals surface area contributed by atoms with Gasteiger partial charge >= 0.3 is 0 Å². The van der Waals surface area contributed by atoms with Crippen molar-refractivity contribution < 1.29 is 9.59 Å². The minimum absolute atomic E-state index is 0.119. The Morgan fingerprint density at radius 2 is 1.20 bits per heavy atom. The molecule has 25 heavy (non-hydrogen) atoms. The predicted octanol–water partition coefficient (Wildman–Crippen LogP) is 5.83. The van der Waals surface area contributed by atoms with Gasteiger partial charge in [-0.15, -0.1) is 0 Å². The summed E-state index contributed by atoms with van der Waals surface area (Å²) in [6.07, 6.45) is 7.16. The zero-order valence-electron chi connectivity index (χ0n) is 15.4. The fourth-order valence-electron chi connectivity index (χ4n) is 2.97. The van der Waals surface area contributed by atoms with E-state index in [4.69, 9.17) is 0 Å². The van der Waals surface area contributed by atoms with Crippen molar-refractivity contribution in [3.63, 3.8) is 0 Å². The number of carbonyl (C=O) groups excluding carboxylic acids is 2. The third kappa shape index (κ3) is 6.30. The summed E-state index contributed by atoms with van der Waals surface area (Å²) in [5, 5.41) is 0. The van der Waals surface area contributed by atoms with E-state index in [-0.39, 0.29) is 11.6 Å². The molecule has 0 heterocycles. The summed E-state index contributed by atoms with van der Waals surface area (Å²) in [5.41, 5.74) is 4.21. The molecule has 2 nitrogen and oxygen atoms in total. The molecule has 2 rings (SSSR count). The van der Waals surface area contributed by atoms with Crippen LogP contribution in [0.4, 0.5) is 0 Å². The van der Waals surface area contributed by atoms with Crippen LogP contribution in [0.25, 0.3) is 0 Å². The van der Waals surface area contributed by atoms with E-state index in [1.807, 2.05) is 31.2 Å². The number of ketones is 2. The van der Waals surface area contributed by atoms with Crippen LogP contribution in [0.2, 0.25) is 0 Å². The van der Waals surface area contributed by atoms with Gasteiger partial charge in [0.1, 0.15) is 0 Å². The van der Waals surface area contributed by atoms with Crippen LogP contribution in [-0.4, -0.2) is 11.6 Å². The summed E-state index contributed by atoms with van der Waals surface area (Å²) in [4.78, 5) is 23.1. The molecule has 0 atom stereocenters. The Kier molecular flexibility index (Phi) is 7.59. The van der Waals surface area contributed by atoms with Crippen LogP contribution in [0.3, 0.4) is 0 Å².